The average Bonchev–Trinajstić information content (AvgIpc) is 2.98. The average molecular weight is 343 g/mol. The van der Waals surface area contributed by atoms with Gasteiger partial charge in [0.25, 0.3) is 0 Å². The number of benzene rings is 2. The van der Waals surface area contributed by atoms with E-state index in [2.05, 4.69) is 5.32 Å². The minimum absolute atomic E-state index is 0.573. The molecule has 1 aromatic heterocycles. The van der Waals surface area contributed by atoms with Crippen LogP contribution < -0.4 is 10.1 Å². The molecule has 0 fully saturated rings. The SMILES string of the molecule is COc1cccc2cc(CNc3cccc(CS(C)=O)c3C)oc12. The number of hydrogen-bond acceptors (Lipinski definition) is 4. The number of nitrogens with one attached hydrogen (secondary N) is 1. The van der Waals surface area contributed by atoms with E-state index in [0.29, 0.717) is 12.3 Å². The monoisotopic (exact) mass is 343 g/mol. The summed E-state index contributed by atoms with van der Waals surface area (Å²) >= 11 is 0. The van der Waals surface area contributed by atoms with Crippen molar-refractivity contribution in [2.75, 3.05) is 18.7 Å². The molecule has 0 aliphatic carbocycles. The highest BCUT2D eigenvalue weighted by molar-refractivity contribution is 7.83. The molecular formula is C19H21NO3S. The number of methoxy groups -OCH3 is 1. The van der Waals surface area contributed by atoms with Crippen LogP contribution in [0, 0.1) is 6.92 Å². The Kier molecular flexibility index (Phi) is 4.90. The first-order chi connectivity index (χ1) is 11.6. The second kappa shape index (κ2) is 7.09. The first kappa shape index (κ1) is 16.6. The van der Waals surface area contributed by atoms with Crippen molar-refractivity contribution in [3.05, 3.63) is 59.4 Å². The lowest BCUT2D eigenvalue weighted by Crippen LogP contribution is -2.03. The zero-order valence-electron chi connectivity index (χ0n) is 14.1. The summed E-state index contributed by atoms with van der Waals surface area (Å²) in [4.78, 5) is 0. The van der Waals surface area contributed by atoms with Crippen LogP contribution in [0.15, 0.2) is 46.9 Å². The van der Waals surface area contributed by atoms with E-state index in [1.54, 1.807) is 13.4 Å². The molecule has 0 spiro atoms. The Hall–Kier alpha value is -2.27. The summed E-state index contributed by atoms with van der Waals surface area (Å²) in [6, 6.07) is 13.9. The molecule has 0 saturated heterocycles. The van der Waals surface area contributed by atoms with Gasteiger partial charge in [-0.25, -0.2) is 0 Å². The van der Waals surface area contributed by atoms with Crippen LogP contribution in [0.3, 0.4) is 0 Å². The van der Waals surface area contributed by atoms with Crippen molar-refractivity contribution in [2.24, 2.45) is 0 Å². The molecule has 0 amide bonds. The van der Waals surface area contributed by atoms with Gasteiger partial charge in [0.2, 0.25) is 0 Å². The largest absolute Gasteiger partial charge is 0.493 e. The lowest BCUT2D eigenvalue weighted by molar-refractivity contribution is 0.408. The molecule has 1 atom stereocenters. The maximum atomic E-state index is 11.5. The third-order valence-electron chi connectivity index (χ3n) is 4.04. The van der Waals surface area contributed by atoms with Crippen molar-refractivity contribution in [3.8, 4) is 5.75 Å². The second-order valence-corrected chi connectivity index (χ2v) is 7.19. The standard InChI is InChI=1S/C19H21NO3S/c1-13-15(12-24(3)21)7-4-8-17(13)20-11-16-10-14-6-5-9-18(22-2)19(14)23-16/h4-10,20H,11-12H2,1-3H3. The molecule has 0 aliphatic heterocycles. The molecule has 4 nitrogen and oxygen atoms in total. The van der Waals surface area contributed by atoms with Crippen molar-refractivity contribution in [1.82, 2.24) is 0 Å². The first-order valence-corrected chi connectivity index (χ1v) is 9.49. The Morgan fingerprint density at radius 1 is 1.21 bits per heavy atom. The molecule has 0 bridgehead atoms. The van der Waals surface area contributed by atoms with Gasteiger partial charge in [-0.2, -0.15) is 0 Å². The maximum absolute atomic E-state index is 11.5. The Morgan fingerprint density at radius 3 is 2.75 bits per heavy atom. The van der Waals surface area contributed by atoms with E-state index in [0.717, 1.165) is 39.3 Å². The van der Waals surface area contributed by atoms with Gasteiger partial charge in [-0.05, 0) is 36.2 Å². The van der Waals surface area contributed by atoms with Gasteiger partial charge in [0.1, 0.15) is 5.76 Å². The van der Waals surface area contributed by atoms with Gasteiger partial charge < -0.3 is 14.5 Å². The van der Waals surface area contributed by atoms with Crippen LogP contribution >= 0.6 is 0 Å². The van der Waals surface area contributed by atoms with Crippen molar-refractivity contribution in [3.63, 3.8) is 0 Å². The number of furan rings is 1. The van der Waals surface area contributed by atoms with Crippen LogP contribution in [0.4, 0.5) is 5.69 Å². The second-order valence-electron chi connectivity index (χ2n) is 5.75. The van der Waals surface area contributed by atoms with Gasteiger partial charge in [0, 0.05) is 33.9 Å². The lowest BCUT2D eigenvalue weighted by Gasteiger charge is -2.12. The van der Waals surface area contributed by atoms with Crippen LogP contribution in [-0.2, 0) is 23.1 Å². The van der Waals surface area contributed by atoms with E-state index >= 15 is 0 Å². The minimum atomic E-state index is -0.850. The Balaban J connectivity index is 1.80. The molecule has 3 rings (SSSR count). The van der Waals surface area contributed by atoms with Gasteiger partial charge in [-0.15, -0.1) is 0 Å². The van der Waals surface area contributed by atoms with Crippen LogP contribution in [0.5, 0.6) is 5.75 Å². The Bertz CT molecular complexity index is 885. The molecule has 1 heterocycles. The minimum Gasteiger partial charge on any atom is -0.493 e. The Morgan fingerprint density at radius 2 is 2.00 bits per heavy atom. The fraction of sp³-hybridized carbons (Fsp3) is 0.263. The lowest BCUT2D eigenvalue weighted by atomic mass is 10.1. The van der Waals surface area contributed by atoms with Crippen LogP contribution in [0.25, 0.3) is 11.0 Å². The molecule has 1 unspecified atom stereocenters. The summed E-state index contributed by atoms with van der Waals surface area (Å²) < 4.78 is 22.7. The fourth-order valence-corrected chi connectivity index (χ4v) is 3.52. The third-order valence-corrected chi connectivity index (χ3v) is 4.75. The highest BCUT2D eigenvalue weighted by atomic mass is 32.2. The molecule has 126 valence electrons. The summed E-state index contributed by atoms with van der Waals surface area (Å²) in [6.45, 7) is 2.63. The molecule has 3 aromatic rings. The van der Waals surface area contributed by atoms with Crippen LogP contribution in [0.2, 0.25) is 0 Å². The number of hydrogen-bond donors (Lipinski definition) is 1. The van der Waals surface area contributed by atoms with E-state index in [1.807, 2.05) is 49.4 Å². The summed E-state index contributed by atoms with van der Waals surface area (Å²) in [5, 5.41) is 4.43. The van der Waals surface area contributed by atoms with E-state index in [4.69, 9.17) is 9.15 Å². The molecule has 24 heavy (non-hydrogen) atoms. The molecule has 0 radical (unpaired) electrons. The summed E-state index contributed by atoms with van der Waals surface area (Å²) in [5.74, 6) is 2.16. The maximum Gasteiger partial charge on any atom is 0.176 e. The zero-order valence-corrected chi connectivity index (χ0v) is 14.9. The number of fused-ring (bicyclic) bond motifs is 1. The first-order valence-electron chi connectivity index (χ1n) is 7.76. The van der Waals surface area contributed by atoms with E-state index < -0.39 is 10.8 Å². The normalized spacial score (nSPS) is 12.3. The predicted molar refractivity (Wildman–Crippen MR) is 99.0 cm³/mol. The van der Waals surface area contributed by atoms with Crippen LogP contribution in [0.1, 0.15) is 16.9 Å². The number of ether oxygens (including phenoxy) is 1. The predicted octanol–water partition coefficient (Wildman–Crippen LogP) is 4.24. The van der Waals surface area contributed by atoms with Gasteiger partial charge in [-0.1, -0.05) is 24.3 Å². The zero-order chi connectivity index (χ0) is 17.1. The summed E-state index contributed by atoms with van der Waals surface area (Å²) in [5.41, 5.74) is 4.03. The summed E-state index contributed by atoms with van der Waals surface area (Å²) in [7, 11) is 0.791. The van der Waals surface area contributed by atoms with Gasteiger partial charge in [0.05, 0.1) is 13.7 Å². The van der Waals surface area contributed by atoms with E-state index in [9.17, 15) is 4.21 Å². The van der Waals surface area contributed by atoms with Crippen molar-refractivity contribution >= 4 is 27.5 Å². The van der Waals surface area contributed by atoms with Crippen molar-refractivity contribution in [2.45, 2.75) is 19.2 Å². The van der Waals surface area contributed by atoms with Gasteiger partial charge in [0.15, 0.2) is 11.3 Å². The van der Waals surface area contributed by atoms with Gasteiger partial charge >= 0.3 is 0 Å². The topological polar surface area (TPSA) is 51.5 Å². The fourth-order valence-electron chi connectivity index (χ4n) is 2.77. The molecular weight excluding hydrogens is 322 g/mol. The number of para-hydroxylation sites is 1. The van der Waals surface area contributed by atoms with Gasteiger partial charge in [-0.3, -0.25) is 4.21 Å². The van der Waals surface area contributed by atoms with Crippen molar-refractivity contribution in [1.29, 1.82) is 0 Å². The molecule has 5 heteroatoms. The molecule has 2 aromatic carbocycles. The molecule has 0 aliphatic rings. The quantitative estimate of drug-likeness (QED) is 0.727. The highest BCUT2D eigenvalue weighted by Gasteiger charge is 2.10. The highest BCUT2D eigenvalue weighted by Crippen LogP contribution is 2.29. The smallest absolute Gasteiger partial charge is 0.176 e. The third kappa shape index (κ3) is 3.46. The molecule has 0 saturated carbocycles. The summed E-state index contributed by atoms with van der Waals surface area (Å²) in [6.07, 6.45) is 1.72. The van der Waals surface area contributed by atoms with E-state index in [1.165, 1.54) is 0 Å². The molecule has 1 N–H and O–H groups in total. The number of anilines is 1. The number of rotatable bonds is 6. The Labute approximate surface area is 144 Å². The van der Waals surface area contributed by atoms with Crippen LogP contribution in [-0.4, -0.2) is 17.6 Å². The van der Waals surface area contributed by atoms with E-state index in [-0.39, 0.29) is 0 Å². The van der Waals surface area contributed by atoms with Crippen molar-refractivity contribution < 1.29 is 13.4 Å².